The van der Waals surface area contributed by atoms with E-state index >= 15 is 0 Å². The summed E-state index contributed by atoms with van der Waals surface area (Å²) in [7, 11) is 0. The average molecular weight is 326 g/mol. The fourth-order valence-electron chi connectivity index (χ4n) is 2.58. The second kappa shape index (κ2) is 7.01. The molecule has 0 spiro atoms. The lowest BCUT2D eigenvalue weighted by molar-refractivity contribution is -0.143. The summed E-state index contributed by atoms with van der Waals surface area (Å²) >= 11 is 1.69. The molecular weight excluding hydrogens is 308 g/mol. The van der Waals surface area contributed by atoms with Crippen LogP contribution in [0.4, 0.5) is 0 Å². The zero-order chi connectivity index (χ0) is 16.2. The first-order valence-electron chi connectivity index (χ1n) is 7.73. The first-order chi connectivity index (χ1) is 11.2. The highest BCUT2D eigenvalue weighted by Gasteiger charge is 2.21. The molecule has 2 aromatic carbocycles. The molecule has 3 nitrogen and oxygen atoms in total. The lowest BCUT2D eigenvalue weighted by Crippen LogP contribution is -2.07. The molecule has 0 radical (unpaired) electrons. The zero-order valence-corrected chi connectivity index (χ0v) is 13.8. The van der Waals surface area contributed by atoms with Crippen LogP contribution in [-0.2, 0) is 21.7 Å². The Morgan fingerprint density at radius 3 is 2.83 bits per heavy atom. The van der Waals surface area contributed by atoms with Crippen LogP contribution in [0.2, 0.25) is 0 Å². The number of benzene rings is 2. The van der Waals surface area contributed by atoms with Gasteiger partial charge in [0.2, 0.25) is 0 Å². The number of hydrogen-bond acceptors (Lipinski definition) is 4. The molecule has 0 bridgehead atoms. The Morgan fingerprint density at radius 2 is 2.00 bits per heavy atom. The summed E-state index contributed by atoms with van der Waals surface area (Å²) in [5.41, 5.74) is 3.72. The van der Waals surface area contributed by atoms with E-state index in [4.69, 9.17) is 4.74 Å². The van der Waals surface area contributed by atoms with Gasteiger partial charge >= 0.3 is 5.97 Å². The highest BCUT2D eigenvalue weighted by molar-refractivity contribution is 7.98. The van der Waals surface area contributed by atoms with E-state index in [1.807, 2.05) is 42.5 Å². The number of carbonyl (C=O) groups is 2. The molecule has 0 saturated carbocycles. The van der Waals surface area contributed by atoms with E-state index in [-0.39, 0.29) is 11.8 Å². The molecule has 4 heteroatoms. The Bertz CT molecular complexity index is 752. The van der Waals surface area contributed by atoms with Crippen molar-refractivity contribution >= 4 is 23.5 Å². The first-order valence-corrected chi connectivity index (χ1v) is 8.71. The minimum Gasteiger partial charge on any atom is -0.465 e. The molecule has 0 fully saturated rings. The first kappa shape index (κ1) is 15.8. The van der Waals surface area contributed by atoms with Crippen molar-refractivity contribution in [2.24, 2.45) is 0 Å². The number of ether oxygens (including phenoxy) is 1. The SMILES string of the molecule is CCC(=O)OCCc1ccc2c(c1)SCc1ccccc1C2=O. The number of carbonyl (C=O) groups excluding carboxylic acids is 2. The van der Waals surface area contributed by atoms with Crippen LogP contribution >= 0.6 is 11.8 Å². The van der Waals surface area contributed by atoms with Gasteiger partial charge in [0.05, 0.1) is 6.61 Å². The molecule has 118 valence electrons. The molecule has 0 atom stereocenters. The van der Waals surface area contributed by atoms with Gasteiger partial charge in [0.1, 0.15) is 0 Å². The van der Waals surface area contributed by atoms with Crippen molar-refractivity contribution in [3.8, 4) is 0 Å². The molecule has 1 aliphatic heterocycles. The van der Waals surface area contributed by atoms with Gasteiger partial charge in [-0.15, -0.1) is 11.8 Å². The summed E-state index contributed by atoms with van der Waals surface area (Å²) in [6, 6.07) is 13.7. The van der Waals surface area contributed by atoms with Gasteiger partial charge in [-0.1, -0.05) is 37.3 Å². The van der Waals surface area contributed by atoms with Crippen LogP contribution in [0.1, 0.15) is 40.4 Å². The van der Waals surface area contributed by atoms with E-state index in [9.17, 15) is 9.59 Å². The van der Waals surface area contributed by atoms with Gasteiger partial charge < -0.3 is 4.74 Å². The molecule has 3 rings (SSSR count). The summed E-state index contributed by atoms with van der Waals surface area (Å²) in [6.07, 6.45) is 1.06. The zero-order valence-electron chi connectivity index (χ0n) is 13.0. The van der Waals surface area contributed by atoms with Crippen molar-refractivity contribution in [3.05, 3.63) is 64.7 Å². The van der Waals surface area contributed by atoms with E-state index in [0.717, 1.165) is 32.9 Å². The molecule has 1 heterocycles. The van der Waals surface area contributed by atoms with Crippen LogP contribution in [0, 0.1) is 0 Å². The standard InChI is InChI=1S/C19H18O3S/c1-2-18(20)22-10-9-13-7-8-16-17(11-13)23-12-14-5-3-4-6-15(14)19(16)21/h3-8,11H,2,9-10,12H2,1H3. The Kier molecular flexibility index (Phi) is 4.82. The molecule has 0 N–H and O–H groups in total. The molecule has 0 unspecified atom stereocenters. The van der Waals surface area contributed by atoms with Gasteiger partial charge in [-0.05, 0) is 23.3 Å². The minimum atomic E-state index is -0.181. The Balaban J connectivity index is 1.79. The predicted octanol–water partition coefficient (Wildman–Crippen LogP) is 4.02. The smallest absolute Gasteiger partial charge is 0.305 e. The molecule has 1 aliphatic rings. The number of ketones is 1. The van der Waals surface area contributed by atoms with Crippen LogP contribution in [-0.4, -0.2) is 18.4 Å². The number of fused-ring (bicyclic) bond motifs is 2. The third-order valence-electron chi connectivity index (χ3n) is 3.88. The van der Waals surface area contributed by atoms with Crippen molar-refractivity contribution in [3.63, 3.8) is 0 Å². The lowest BCUT2D eigenvalue weighted by Gasteiger charge is -2.08. The Morgan fingerprint density at radius 1 is 1.17 bits per heavy atom. The highest BCUT2D eigenvalue weighted by atomic mass is 32.2. The number of esters is 1. The van der Waals surface area contributed by atoms with E-state index in [2.05, 4.69) is 0 Å². The molecular formula is C19H18O3S. The maximum atomic E-state index is 12.7. The quantitative estimate of drug-likeness (QED) is 0.796. The van der Waals surface area contributed by atoms with Crippen LogP contribution in [0.5, 0.6) is 0 Å². The topological polar surface area (TPSA) is 43.4 Å². The Labute approximate surface area is 140 Å². The Hall–Kier alpha value is -2.07. The molecule has 23 heavy (non-hydrogen) atoms. The van der Waals surface area contributed by atoms with Gasteiger partial charge in [-0.3, -0.25) is 9.59 Å². The third kappa shape index (κ3) is 3.48. The van der Waals surface area contributed by atoms with Crippen LogP contribution in [0.25, 0.3) is 0 Å². The molecule has 0 saturated heterocycles. The van der Waals surface area contributed by atoms with Crippen molar-refractivity contribution in [2.75, 3.05) is 6.61 Å². The third-order valence-corrected chi connectivity index (χ3v) is 4.98. The molecule has 0 amide bonds. The fraction of sp³-hybridized carbons (Fsp3) is 0.263. The van der Waals surface area contributed by atoms with Crippen LogP contribution in [0.15, 0.2) is 47.4 Å². The maximum Gasteiger partial charge on any atom is 0.305 e. The van der Waals surface area contributed by atoms with E-state index in [1.54, 1.807) is 18.7 Å². The largest absolute Gasteiger partial charge is 0.465 e. The second-order valence-electron chi connectivity index (χ2n) is 5.43. The van der Waals surface area contributed by atoms with Crippen molar-refractivity contribution in [2.45, 2.75) is 30.4 Å². The lowest BCUT2D eigenvalue weighted by atomic mass is 9.98. The van der Waals surface area contributed by atoms with Crippen molar-refractivity contribution in [1.29, 1.82) is 0 Å². The van der Waals surface area contributed by atoms with Crippen molar-refractivity contribution in [1.82, 2.24) is 0 Å². The monoisotopic (exact) mass is 326 g/mol. The summed E-state index contributed by atoms with van der Waals surface area (Å²) in [5, 5.41) is 0. The van der Waals surface area contributed by atoms with Gasteiger partial charge in [0, 0.05) is 34.6 Å². The highest BCUT2D eigenvalue weighted by Crippen LogP contribution is 2.34. The van der Waals surface area contributed by atoms with Gasteiger partial charge in [0.15, 0.2) is 5.78 Å². The molecule has 2 aromatic rings. The molecule has 0 aliphatic carbocycles. The van der Waals surface area contributed by atoms with Gasteiger partial charge in [0.25, 0.3) is 0 Å². The normalized spacial score (nSPS) is 13.0. The average Bonchev–Trinajstić information content (AvgIpc) is 2.72. The summed E-state index contributed by atoms with van der Waals surface area (Å²) in [4.78, 5) is 24.9. The van der Waals surface area contributed by atoms with E-state index in [1.165, 1.54) is 0 Å². The fourth-order valence-corrected chi connectivity index (χ4v) is 3.70. The van der Waals surface area contributed by atoms with Crippen LogP contribution in [0.3, 0.4) is 0 Å². The van der Waals surface area contributed by atoms with Crippen LogP contribution < -0.4 is 0 Å². The van der Waals surface area contributed by atoms with Crippen molar-refractivity contribution < 1.29 is 14.3 Å². The molecule has 0 aromatic heterocycles. The summed E-state index contributed by atoms with van der Waals surface area (Å²) in [5.74, 6) is 0.702. The number of rotatable bonds is 4. The number of thioether (sulfide) groups is 1. The summed E-state index contributed by atoms with van der Waals surface area (Å²) in [6.45, 7) is 2.16. The van der Waals surface area contributed by atoms with Gasteiger partial charge in [-0.25, -0.2) is 0 Å². The van der Waals surface area contributed by atoms with E-state index < -0.39 is 0 Å². The number of hydrogen-bond donors (Lipinski definition) is 0. The van der Waals surface area contributed by atoms with Gasteiger partial charge in [-0.2, -0.15) is 0 Å². The predicted molar refractivity (Wildman–Crippen MR) is 90.8 cm³/mol. The summed E-state index contributed by atoms with van der Waals surface area (Å²) < 4.78 is 5.12. The maximum absolute atomic E-state index is 12.7. The minimum absolute atomic E-state index is 0.0876. The van der Waals surface area contributed by atoms with E-state index in [0.29, 0.717) is 19.4 Å². The second-order valence-corrected chi connectivity index (χ2v) is 6.45.